The van der Waals surface area contributed by atoms with Crippen molar-refractivity contribution in [3.8, 4) is 0 Å². The van der Waals surface area contributed by atoms with E-state index in [0.717, 1.165) is 21.9 Å². The maximum atomic E-state index is 10.5. The summed E-state index contributed by atoms with van der Waals surface area (Å²) in [6.45, 7) is 1.85. The van der Waals surface area contributed by atoms with Crippen molar-refractivity contribution in [2.24, 2.45) is 0 Å². The monoisotopic (exact) mass is 292 g/mol. The van der Waals surface area contributed by atoms with Gasteiger partial charge in [0, 0.05) is 16.5 Å². The number of benzene rings is 2. The van der Waals surface area contributed by atoms with Crippen molar-refractivity contribution < 1.29 is 5.11 Å². The Balaban J connectivity index is 1.94. The maximum Gasteiger partial charge on any atom is 0.0958 e. The van der Waals surface area contributed by atoms with Gasteiger partial charge in [0.1, 0.15) is 0 Å². The molecule has 0 spiro atoms. The van der Waals surface area contributed by atoms with Crippen LogP contribution in [0.2, 0.25) is 5.02 Å². The molecule has 0 radical (unpaired) electrons. The van der Waals surface area contributed by atoms with Gasteiger partial charge in [0.2, 0.25) is 0 Å². The lowest BCUT2D eigenvalue weighted by molar-refractivity contribution is 0.0839. The molecule has 100 valence electrons. The van der Waals surface area contributed by atoms with E-state index < -0.39 is 5.60 Å². The second-order valence-corrected chi connectivity index (χ2v) is 6.12. The molecule has 0 saturated carbocycles. The highest BCUT2D eigenvalue weighted by Gasteiger charge is 2.22. The molecule has 0 amide bonds. The van der Waals surface area contributed by atoms with Crippen molar-refractivity contribution in [1.82, 2.24) is 0 Å². The highest BCUT2D eigenvalue weighted by atomic mass is 35.5. The number of hydrogen-bond donors (Lipinski definition) is 1. The molecule has 0 bridgehead atoms. The Bertz CT molecular complexity index is 525. The van der Waals surface area contributed by atoms with E-state index in [9.17, 15) is 5.11 Å². The molecule has 0 aliphatic carbocycles. The summed E-state index contributed by atoms with van der Waals surface area (Å²) in [6, 6.07) is 17.6. The normalized spacial score (nSPS) is 14.1. The van der Waals surface area contributed by atoms with Gasteiger partial charge in [-0.3, -0.25) is 0 Å². The van der Waals surface area contributed by atoms with Gasteiger partial charge in [0.05, 0.1) is 5.60 Å². The summed E-state index contributed by atoms with van der Waals surface area (Å²) < 4.78 is 0. The third kappa shape index (κ3) is 4.00. The molecule has 0 aromatic heterocycles. The zero-order valence-corrected chi connectivity index (χ0v) is 12.4. The molecule has 1 atom stereocenters. The number of aliphatic hydroxyl groups is 1. The summed E-state index contributed by atoms with van der Waals surface area (Å²) >= 11 is 7.80. The molecule has 2 aromatic rings. The van der Waals surface area contributed by atoms with Crippen molar-refractivity contribution in [3.63, 3.8) is 0 Å². The topological polar surface area (TPSA) is 20.2 Å². The van der Waals surface area contributed by atoms with E-state index in [2.05, 4.69) is 0 Å². The van der Waals surface area contributed by atoms with Crippen LogP contribution in [0.25, 0.3) is 0 Å². The molecular formula is C16H17ClOS. The first-order valence-electron chi connectivity index (χ1n) is 6.19. The Kier molecular flexibility index (Phi) is 4.92. The van der Waals surface area contributed by atoms with E-state index in [0.29, 0.717) is 5.75 Å². The lowest BCUT2D eigenvalue weighted by Crippen LogP contribution is -2.24. The van der Waals surface area contributed by atoms with Gasteiger partial charge >= 0.3 is 0 Å². The summed E-state index contributed by atoms with van der Waals surface area (Å²) in [7, 11) is 0. The van der Waals surface area contributed by atoms with Crippen LogP contribution in [0, 0.1) is 0 Å². The zero-order valence-electron chi connectivity index (χ0n) is 10.8. The number of halogens is 1. The molecule has 0 fully saturated rings. The summed E-state index contributed by atoms with van der Waals surface area (Å²) in [6.07, 6.45) is 0. The van der Waals surface area contributed by atoms with Gasteiger partial charge in [-0.15, -0.1) is 0 Å². The fourth-order valence-electron chi connectivity index (χ4n) is 1.86. The molecule has 1 nitrogen and oxygen atoms in total. The van der Waals surface area contributed by atoms with Gasteiger partial charge in [0.15, 0.2) is 0 Å². The SMILES string of the molecule is CC(O)(CSCc1ccccc1Cl)c1ccccc1. The van der Waals surface area contributed by atoms with E-state index in [1.165, 1.54) is 0 Å². The fraction of sp³-hybridized carbons (Fsp3) is 0.250. The van der Waals surface area contributed by atoms with E-state index >= 15 is 0 Å². The Morgan fingerprint density at radius 1 is 1.05 bits per heavy atom. The molecule has 2 rings (SSSR count). The van der Waals surface area contributed by atoms with E-state index in [1.807, 2.05) is 61.5 Å². The quantitative estimate of drug-likeness (QED) is 0.877. The summed E-state index contributed by atoms with van der Waals surface area (Å²) in [5.41, 5.74) is 1.24. The Hall–Kier alpha value is -0.960. The van der Waals surface area contributed by atoms with Crippen LogP contribution in [-0.4, -0.2) is 10.9 Å². The van der Waals surface area contributed by atoms with Crippen molar-refractivity contribution in [2.75, 3.05) is 5.75 Å². The summed E-state index contributed by atoms with van der Waals surface area (Å²) in [5.74, 6) is 1.45. The van der Waals surface area contributed by atoms with Crippen molar-refractivity contribution in [2.45, 2.75) is 18.3 Å². The highest BCUT2D eigenvalue weighted by molar-refractivity contribution is 7.98. The molecule has 3 heteroatoms. The van der Waals surface area contributed by atoms with Crippen LogP contribution < -0.4 is 0 Å². The predicted molar refractivity (Wildman–Crippen MR) is 83.6 cm³/mol. The lowest BCUT2D eigenvalue weighted by atomic mass is 9.99. The number of thioether (sulfide) groups is 1. The molecule has 0 heterocycles. The van der Waals surface area contributed by atoms with Crippen LogP contribution in [0.15, 0.2) is 54.6 Å². The standard InChI is InChI=1S/C16H17ClOS/c1-16(18,14-8-3-2-4-9-14)12-19-11-13-7-5-6-10-15(13)17/h2-10,18H,11-12H2,1H3. The minimum Gasteiger partial charge on any atom is -0.385 e. The van der Waals surface area contributed by atoms with Gasteiger partial charge in [-0.2, -0.15) is 11.8 Å². The molecule has 1 unspecified atom stereocenters. The van der Waals surface area contributed by atoms with Gasteiger partial charge < -0.3 is 5.11 Å². The first kappa shape index (κ1) is 14.4. The van der Waals surface area contributed by atoms with Crippen molar-refractivity contribution in [3.05, 3.63) is 70.7 Å². The first-order valence-corrected chi connectivity index (χ1v) is 7.72. The van der Waals surface area contributed by atoms with Crippen LogP contribution in [0.5, 0.6) is 0 Å². The van der Waals surface area contributed by atoms with Gasteiger partial charge in [-0.05, 0) is 24.1 Å². The molecular weight excluding hydrogens is 276 g/mol. The van der Waals surface area contributed by atoms with Crippen molar-refractivity contribution in [1.29, 1.82) is 0 Å². The zero-order chi connectivity index (χ0) is 13.7. The Labute approximate surface area is 123 Å². The third-order valence-corrected chi connectivity index (χ3v) is 4.64. The average Bonchev–Trinajstić information content (AvgIpc) is 2.42. The smallest absolute Gasteiger partial charge is 0.0958 e. The minimum absolute atomic E-state index is 0.641. The Morgan fingerprint density at radius 2 is 1.68 bits per heavy atom. The van der Waals surface area contributed by atoms with Crippen molar-refractivity contribution >= 4 is 23.4 Å². The second-order valence-electron chi connectivity index (χ2n) is 4.72. The van der Waals surface area contributed by atoms with E-state index in [4.69, 9.17) is 11.6 Å². The Morgan fingerprint density at radius 3 is 2.37 bits per heavy atom. The largest absolute Gasteiger partial charge is 0.385 e. The third-order valence-electron chi connectivity index (χ3n) is 2.99. The average molecular weight is 293 g/mol. The number of rotatable bonds is 5. The molecule has 0 aliphatic heterocycles. The van der Waals surface area contributed by atoms with Gasteiger partial charge in [-0.25, -0.2) is 0 Å². The molecule has 0 saturated heterocycles. The maximum absolute atomic E-state index is 10.5. The van der Waals surface area contributed by atoms with Crippen LogP contribution in [0.1, 0.15) is 18.1 Å². The van der Waals surface area contributed by atoms with Crippen LogP contribution in [0.4, 0.5) is 0 Å². The van der Waals surface area contributed by atoms with E-state index in [-0.39, 0.29) is 0 Å². The molecule has 1 N–H and O–H groups in total. The molecule has 19 heavy (non-hydrogen) atoms. The van der Waals surface area contributed by atoms with Gasteiger partial charge in [-0.1, -0.05) is 60.1 Å². The molecule has 0 aliphatic rings. The molecule has 2 aromatic carbocycles. The summed E-state index contributed by atoms with van der Waals surface area (Å²) in [4.78, 5) is 0. The van der Waals surface area contributed by atoms with E-state index in [1.54, 1.807) is 11.8 Å². The second kappa shape index (κ2) is 6.47. The lowest BCUT2D eigenvalue weighted by Gasteiger charge is -2.23. The minimum atomic E-state index is -0.812. The summed E-state index contributed by atoms with van der Waals surface area (Å²) in [5, 5.41) is 11.3. The fourth-order valence-corrected chi connectivity index (χ4v) is 3.28. The highest BCUT2D eigenvalue weighted by Crippen LogP contribution is 2.28. The number of hydrogen-bond acceptors (Lipinski definition) is 2. The van der Waals surface area contributed by atoms with Crippen LogP contribution in [0.3, 0.4) is 0 Å². The first-order chi connectivity index (χ1) is 9.09. The predicted octanol–water partition coefficient (Wildman–Crippen LogP) is 4.48. The van der Waals surface area contributed by atoms with Gasteiger partial charge in [0.25, 0.3) is 0 Å². The van der Waals surface area contributed by atoms with Crippen LogP contribution >= 0.6 is 23.4 Å². The van der Waals surface area contributed by atoms with Crippen LogP contribution in [-0.2, 0) is 11.4 Å².